The Morgan fingerprint density at radius 3 is 3.00 bits per heavy atom. The van der Waals surface area contributed by atoms with Crippen LogP contribution in [0.3, 0.4) is 0 Å². The summed E-state index contributed by atoms with van der Waals surface area (Å²) in [6.07, 6.45) is 5.95. The lowest BCUT2D eigenvalue weighted by Gasteiger charge is -2.35. The monoisotopic (exact) mass is 264 g/mol. The van der Waals surface area contributed by atoms with Gasteiger partial charge in [-0.1, -0.05) is 13.8 Å². The molecule has 0 spiro atoms. The number of rotatable bonds is 6. The summed E-state index contributed by atoms with van der Waals surface area (Å²) in [4.78, 5) is 16.9. The average molecular weight is 264 g/mol. The van der Waals surface area contributed by atoms with E-state index in [1.54, 1.807) is 6.33 Å². The minimum Gasteiger partial charge on any atom is -0.316 e. The highest BCUT2D eigenvalue weighted by Crippen LogP contribution is 2.32. The minimum atomic E-state index is -0.193. The van der Waals surface area contributed by atoms with Gasteiger partial charge in [0.25, 0.3) is 0 Å². The number of nitrogens with zero attached hydrogens (tertiary/aromatic N) is 3. The summed E-state index contributed by atoms with van der Waals surface area (Å²) in [6, 6.07) is 0. The number of piperidine rings is 1. The average Bonchev–Trinajstić information content (AvgIpc) is 2.87. The van der Waals surface area contributed by atoms with Crippen LogP contribution < -0.4 is 5.32 Å². The molecule has 106 valence electrons. The highest BCUT2D eigenvalue weighted by atomic mass is 16.1. The number of carbonyl (C=O) groups excluding carboxylic acids is 1. The van der Waals surface area contributed by atoms with Gasteiger partial charge in [0.1, 0.15) is 17.9 Å². The van der Waals surface area contributed by atoms with Gasteiger partial charge in [-0.2, -0.15) is 5.10 Å². The second-order valence-electron chi connectivity index (χ2n) is 5.41. The Bertz CT molecular complexity index is 421. The third-order valence-corrected chi connectivity index (χ3v) is 4.19. The van der Waals surface area contributed by atoms with Crippen molar-refractivity contribution in [2.45, 2.75) is 52.5 Å². The van der Waals surface area contributed by atoms with E-state index in [1.165, 1.54) is 0 Å². The number of aryl methyl sites for hydroxylation is 1. The largest absolute Gasteiger partial charge is 0.316 e. The van der Waals surface area contributed by atoms with Crippen molar-refractivity contribution in [3.05, 3.63) is 12.2 Å². The van der Waals surface area contributed by atoms with E-state index >= 15 is 0 Å². The predicted molar refractivity (Wildman–Crippen MR) is 73.9 cm³/mol. The molecule has 0 aliphatic carbocycles. The molecule has 1 aromatic rings. The quantitative estimate of drug-likeness (QED) is 0.847. The molecule has 1 aliphatic rings. The summed E-state index contributed by atoms with van der Waals surface area (Å²) < 4.78 is 1.86. The summed E-state index contributed by atoms with van der Waals surface area (Å²) in [6.45, 7) is 6.89. The van der Waals surface area contributed by atoms with Gasteiger partial charge in [0.2, 0.25) is 0 Å². The Balaban J connectivity index is 2.08. The SMILES string of the molecule is CCCn1ncnc1CC(=O)C1(CC)CCCNC1. The Hall–Kier alpha value is -1.23. The smallest absolute Gasteiger partial charge is 0.147 e. The Morgan fingerprint density at radius 2 is 2.37 bits per heavy atom. The zero-order chi connectivity index (χ0) is 13.7. The van der Waals surface area contributed by atoms with Gasteiger partial charge in [-0.15, -0.1) is 0 Å². The van der Waals surface area contributed by atoms with Crippen LogP contribution >= 0.6 is 0 Å². The van der Waals surface area contributed by atoms with Gasteiger partial charge in [-0.3, -0.25) is 4.79 Å². The van der Waals surface area contributed by atoms with E-state index in [0.717, 1.165) is 51.1 Å². The Labute approximate surface area is 114 Å². The number of aromatic nitrogens is 3. The minimum absolute atomic E-state index is 0.193. The molecule has 1 N–H and O–H groups in total. The first-order valence-electron chi connectivity index (χ1n) is 7.32. The fraction of sp³-hybridized carbons (Fsp3) is 0.786. The Morgan fingerprint density at radius 1 is 1.53 bits per heavy atom. The lowest BCUT2D eigenvalue weighted by molar-refractivity contribution is -0.129. The van der Waals surface area contributed by atoms with E-state index in [9.17, 15) is 4.79 Å². The second-order valence-corrected chi connectivity index (χ2v) is 5.41. The normalized spacial score (nSPS) is 23.5. The fourth-order valence-corrected chi connectivity index (χ4v) is 2.86. The van der Waals surface area contributed by atoms with Gasteiger partial charge < -0.3 is 5.32 Å². The van der Waals surface area contributed by atoms with E-state index < -0.39 is 0 Å². The van der Waals surface area contributed by atoms with Crippen molar-refractivity contribution < 1.29 is 4.79 Å². The molecular weight excluding hydrogens is 240 g/mol. The van der Waals surface area contributed by atoms with Crippen LogP contribution in [0.4, 0.5) is 0 Å². The summed E-state index contributed by atoms with van der Waals surface area (Å²) in [5.74, 6) is 1.12. The standard InChI is InChI=1S/C14H24N4O/c1-3-8-18-13(16-11-17-18)9-12(19)14(4-2)6-5-7-15-10-14/h11,15H,3-10H2,1-2H3. The summed E-state index contributed by atoms with van der Waals surface area (Å²) in [7, 11) is 0. The van der Waals surface area contributed by atoms with Crippen molar-refractivity contribution in [3.8, 4) is 0 Å². The van der Waals surface area contributed by atoms with Gasteiger partial charge in [-0.25, -0.2) is 9.67 Å². The zero-order valence-electron chi connectivity index (χ0n) is 12.0. The van der Waals surface area contributed by atoms with Gasteiger partial charge in [-0.05, 0) is 32.2 Å². The van der Waals surface area contributed by atoms with Gasteiger partial charge in [0.05, 0.1) is 6.42 Å². The van der Waals surface area contributed by atoms with Crippen LogP contribution in [0.25, 0.3) is 0 Å². The number of carbonyl (C=O) groups is 1. The van der Waals surface area contributed by atoms with E-state index in [-0.39, 0.29) is 5.41 Å². The lowest BCUT2D eigenvalue weighted by Crippen LogP contribution is -2.46. The molecule has 2 rings (SSSR count). The van der Waals surface area contributed by atoms with Crippen molar-refractivity contribution >= 4 is 5.78 Å². The van der Waals surface area contributed by atoms with E-state index in [2.05, 4.69) is 29.2 Å². The van der Waals surface area contributed by atoms with Gasteiger partial charge >= 0.3 is 0 Å². The fourth-order valence-electron chi connectivity index (χ4n) is 2.86. The summed E-state index contributed by atoms with van der Waals surface area (Å²) >= 11 is 0. The zero-order valence-corrected chi connectivity index (χ0v) is 12.0. The topological polar surface area (TPSA) is 59.8 Å². The van der Waals surface area contributed by atoms with Crippen molar-refractivity contribution in [2.24, 2.45) is 5.41 Å². The third-order valence-electron chi connectivity index (χ3n) is 4.19. The first-order valence-corrected chi connectivity index (χ1v) is 7.32. The van der Waals surface area contributed by atoms with Crippen LogP contribution in [0.2, 0.25) is 0 Å². The predicted octanol–water partition coefficient (Wildman–Crippen LogP) is 1.58. The Kier molecular flexibility index (Phi) is 4.69. The van der Waals surface area contributed by atoms with Crippen molar-refractivity contribution in [1.82, 2.24) is 20.1 Å². The highest BCUT2D eigenvalue weighted by molar-refractivity contribution is 5.86. The number of nitrogens with one attached hydrogen (secondary N) is 1. The summed E-state index contributed by atoms with van der Waals surface area (Å²) in [5.41, 5.74) is -0.193. The maximum absolute atomic E-state index is 12.7. The number of hydrogen-bond donors (Lipinski definition) is 1. The van der Waals surface area contributed by atoms with Crippen LogP contribution in [0.1, 0.15) is 45.4 Å². The van der Waals surface area contributed by atoms with Gasteiger partial charge in [0, 0.05) is 18.5 Å². The molecule has 0 aromatic carbocycles. The van der Waals surface area contributed by atoms with E-state index in [4.69, 9.17) is 0 Å². The van der Waals surface area contributed by atoms with Crippen LogP contribution in [0, 0.1) is 5.41 Å². The second kappa shape index (κ2) is 6.28. The van der Waals surface area contributed by atoms with E-state index in [1.807, 2.05) is 4.68 Å². The van der Waals surface area contributed by atoms with Crippen molar-refractivity contribution in [1.29, 1.82) is 0 Å². The first-order chi connectivity index (χ1) is 9.22. The van der Waals surface area contributed by atoms with Crippen LogP contribution in [-0.2, 0) is 17.8 Å². The number of Topliss-reactive ketones (excluding diaryl/α,β-unsaturated/α-hetero) is 1. The molecule has 1 aliphatic heterocycles. The van der Waals surface area contributed by atoms with Crippen LogP contribution in [0.5, 0.6) is 0 Å². The molecule has 0 saturated carbocycles. The molecule has 5 nitrogen and oxygen atoms in total. The molecule has 5 heteroatoms. The molecule has 19 heavy (non-hydrogen) atoms. The lowest BCUT2D eigenvalue weighted by atomic mass is 9.74. The number of hydrogen-bond acceptors (Lipinski definition) is 4. The molecule has 1 saturated heterocycles. The van der Waals surface area contributed by atoms with E-state index in [0.29, 0.717) is 12.2 Å². The molecule has 0 bridgehead atoms. The maximum atomic E-state index is 12.7. The molecule has 2 heterocycles. The molecule has 0 radical (unpaired) electrons. The number of ketones is 1. The molecule has 1 aromatic heterocycles. The molecule has 1 atom stereocenters. The first kappa shape index (κ1) is 14.2. The van der Waals surface area contributed by atoms with Crippen molar-refractivity contribution in [2.75, 3.05) is 13.1 Å². The molecule has 1 unspecified atom stereocenters. The molecular formula is C14H24N4O. The summed E-state index contributed by atoms with van der Waals surface area (Å²) in [5, 5.41) is 7.55. The molecule has 0 amide bonds. The van der Waals surface area contributed by atoms with Gasteiger partial charge in [0.15, 0.2) is 0 Å². The highest BCUT2D eigenvalue weighted by Gasteiger charge is 2.37. The third kappa shape index (κ3) is 3.03. The van der Waals surface area contributed by atoms with Crippen molar-refractivity contribution in [3.63, 3.8) is 0 Å². The van der Waals surface area contributed by atoms with Crippen LogP contribution in [-0.4, -0.2) is 33.6 Å². The molecule has 1 fully saturated rings. The maximum Gasteiger partial charge on any atom is 0.147 e. The van der Waals surface area contributed by atoms with Crippen LogP contribution in [0.15, 0.2) is 6.33 Å².